The lowest BCUT2D eigenvalue weighted by atomic mass is 10.1. The molecule has 0 atom stereocenters. The van der Waals surface area contributed by atoms with Gasteiger partial charge in [-0.25, -0.2) is 0 Å². The quantitative estimate of drug-likeness (QED) is 0.468. The summed E-state index contributed by atoms with van der Waals surface area (Å²) < 4.78 is 0. The van der Waals surface area contributed by atoms with Crippen molar-refractivity contribution in [3.63, 3.8) is 0 Å². The molecule has 0 saturated heterocycles. The lowest BCUT2D eigenvalue weighted by molar-refractivity contribution is 1.34. The van der Waals surface area contributed by atoms with E-state index in [1.165, 1.54) is 22.3 Å². The maximum Gasteiger partial charge on any atom is -0.0395 e. The Balaban J connectivity index is -0.000000246. The lowest BCUT2D eigenvalue weighted by Gasteiger charge is -1.93. The highest BCUT2D eigenvalue weighted by molar-refractivity contribution is 5.23. The van der Waals surface area contributed by atoms with Crippen LogP contribution in [0.2, 0.25) is 0 Å². The van der Waals surface area contributed by atoms with E-state index in [4.69, 9.17) is 0 Å². The van der Waals surface area contributed by atoms with Gasteiger partial charge in [0, 0.05) is 0 Å². The Hall–Kier alpha value is -1.56. The Morgan fingerprint density at radius 3 is 0.818 bits per heavy atom. The van der Waals surface area contributed by atoms with Gasteiger partial charge in [0.25, 0.3) is 0 Å². The minimum atomic E-state index is 1.33. The van der Waals surface area contributed by atoms with Crippen LogP contribution in [0, 0.1) is 27.7 Å². The van der Waals surface area contributed by atoms with Crippen molar-refractivity contribution in [2.24, 2.45) is 0 Å². The number of hydrogen-bond donors (Lipinski definition) is 0. The average molecular weight is 303 g/mol. The van der Waals surface area contributed by atoms with Crippen molar-refractivity contribution >= 4 is 0 Å². The van der Waals surface area contributed by atoms with E-state index in [0.717, 1.165) is 0 Å². The van der Waals surface area contributed by atoms with E-state index in [-0.39, 0.29) is 0 Å². The predicted octanol–water partition coefficient (Wildman–Crippen LogP) is 7.69. The Kier molecular flexibility index (Phi) is 22.4. The first-order valence-electron chi connectivity index (χ1n) is 8.65. The standard InChI is InChI=1S/2C8H10.3C2H6/c1-7-3-5-8(2)6-4-7;1-7-5-3-4-6-8(7)2;3*1-2/h2*3-6H,1-2H3;3*1-2H3. The van der Waals surface area contributed by atoms with Crippen LogP contribution in [0.3, 0.4) is 0 Å². The van der Waals surface area contributed by atoms with E-state index in [1.54, 1.807) is 0 Å². The van der Waals surface area contributed by atoms with Crippen molar-refractivity contribution in [1.29, 1.82) is 0 Å². The molecule has 0 heterocycles. The molecule has 0 saturated carbocycles. The van der Waals surface area contributed by atoms with Gasteiger partial charge in [0.15, 0.2) is 0 Å². The first kappa shape index (κ1) is 25.4. The molecular formula is C22H38. The molecule has 2 aromatic carbocycles. The van der Waals surface area contributed by atoms with Gasteiger partial charge in [-0.15, -0.1) is 0 Å². The average Bonchev–Trinajstić information content (AvgIpc) is 2.59. The first-order valence-corrected chi connectivity index (χ1v) is 8.65. The van der Waals surface area contributed by atoms with Crippen molar-refractivity contribution in [3.05, 3.63) is 70.8 Å². The zero-order chi connectivity index (χ0) is 18.0. The fourth-order valence-electron chi connectivity index (χ4n) is 1.30. The van der Waals surface area contributed by atoms with E-state index in [9.17, 15) is 0 Å². The molecule has 0 radical (unpaired) electrons. The zero-order valence-electron chi connectivity index (χ0n) is 16.6. The zero-order valence-corrected chi connectivity index (χ0v) is 16.6. The summed E-state index contributed by atoms with van der Waals surface area (Å²) in [6, 6.07) is 16.8. The van der Waals surface area contributed by atoms with Crippen LogP contribution in [0.4, 0.5) is 0 Å². The summed E-state index contributed by atoms with van der Waals surface area (Å²) in [4.78, 5) is 0. The van der Waals surface area contributed by atoms with Crippen molar-refractivity contribution < 1.29 is 0 Å². The van der Waals surface area contributed by atoms with Gasteiger partial charge in [0.05, 0.1) is 0 Å². The van der Waals surface area contributed by atoms with Gasteiger partial charge in [-0.3, -0.25) is 0 Å². The highest BCUT2D eigenvalue weighted by Gasteiger charge is 1.83. The summed E-state index contributed by atoms with van der Waals surface area (Å²) in [6.07, 6.45) is 0. The van der Waals surface area contributed by atoms with E-state index >= 15 is 0 Å². The smallest absolute Gasteiger partial charge is 0.0395 e. The van der Waals surface area contributed by atoms with Crippen LogP contribution in [0.1, 0.15) is 63.8 Å². The Morgan fingerprint density at radius 1 is 0.409 bits per heavy atom. The van der Waals surface area contributed by atoms with Crippen LogP contribution < -0.4 is 0 Å². The number of aryl methyl sites for hydroxylation is 4. The van der Waals surface area contributed by atoms with Crippen LogP contribution in [-0.4, -0.2) is 0 Å². The molecule has 22 heavy (non-hydrogen) atoms. The molecule has 0 spiro atoms. The minimum Gasteiger partial charge on any atom is -0.0683 e. The molecule has 0 aliphatic heterocycles. The van der Waals surface area contributed by atoms with Crippen LogP contribution in [-0.2, 0) is 0 Å². The van der Waals surface area contributed by atoms with Crippen LogP contribution >= 0.6 is 0 Å². The lowest BCUT2D eigenvalue weighted by Crippen LogP contribution is -1.74. The molecule has 0 nitrogen and oxygen atoms in total. The molecule has 0 aliphatic carbocycles. The fraction of sp³-hybridized carbons (Fsp3) is 0.455. The summed E-state index contributed by atoms with van der Waals surface area (Å²) in [6.45, 7) is 20.4. The van der Waals surface area contributed by atoms with Gasteiger partial charge in [0.1, 0.15) is 0 Å². The van der Waals surface area contributed by atoms with Gasteiger partial charge in [0.2, 0.25) is 0 Å². The molecule has 0 amide bonds. The molecule has 126 valence electrons. The topological polar surface area (TPSA) is 0 Å². The fourth-order valence-corrected chi connectivity index (χ4v) is 1.30. The molecule has 0 aliphatic rings. The minimum absolute atomic E-state index is 1.33. The van der Waals surface area contributed by atoms with E-state index in [0.29, 0.717) is 0 Å². The summed E-state index contributed by atoms with van der Waals surface area (Å²) in [5, 5.41) is 0. The molecule has 0 N–H and O–H groups in total. The molecule has 0 heteroatoms. The highest BCUT2D eigenvalue weighted by atomic mass is 13.9. The molecule has 0 bridgehead atoms. The SMILES string of the molecule is CC.CC.CC.Cc1ccc(C)cc1.Cc1ccccc1C. The maximum absolute atomic E-state index is 2.12. The number of rotatable bonds is 0. The van der Waals surface area contributed by atoms with Gasteiger partial charge in [-0.1, -0.05) is 101 Å². The van der Waals surface area contributed by atoms with Crippen molar-refractivity contribution in [2.45, 2.75) is 69.2 Å². The molecule has 2 rings (SSSR count). The second kappa shape index (κ2) is 19.4. The molecule has 0 unspecified atom stereocenters. The molecule has 0 fully saturated rings. The Labute approximate surface area is 140 Å². The summed E-state index contributed by atoms with van der Waals surface area (Å²) in [5.41, 5.74) is 5.39. The van der Waals surface area contributed by atoms with Gasteiger partial charge >= 0.3 is 0 Å². The van der Waals surface area contributed by atoms with Crippen LogP contribution in [0.15, 0.2) is 48.5 Å². The number of hydrogen-bond acceptors (Lipinski definition) is 0. The van der Waals surface area contributed by atoms with Gasteiger partial charge < -0.3 is 0 Å². The molecule has 0 aromatic heterocycles. The Morgan fingerprint density at radius 2 is 0.636 bits per heavy atom. The summed E-state index contributed by atoms with van der Waals surface area (Å²) in [5.74, 6) is 0. The summed E-state index contributed by atoms with van der Waals surface area (Å²) in [7, 11) is 0. The third-order valence-corrected chi connectivity index (χ3v) is 2.64. The second-order valence-corrected chi connectivity index (χ2v) is 4.24. The first-order chi connectivity index (χ1) is 10.6. The third kappa shape index (κ3) is 14.8. The van der Waals surface area contributed by atoms with Gasteiger partial charge in [-0.05, 0) is 38.8 Å². The largest absolute Gasteiger partial charge is 0.0683 e. The third-order valence-electron chi connectivity index (χ3n) is 2.64. The summed E-state index contributed by atoms with van der Waals surface area (Å²) >= 11 is 0. The van der Waals surface area contributed by atoms with Crippen LogP contribution in [0.5, 0.6) is 0 Å². The highest BCUT2D eigenvalue weighted by Crippen LogP contribution is 2.02. The van der Waals surface area contributed by atoms with Crippen molar-refractivity contribution in [3.8, 4) is 0 Å². The van der Waals surface area contributed by atoms with Crippen molar-refractivity contribution in [1.82, 2.24) is 0 Å². The second-order valence-electron chi connectivity index (χ2n) is 4.24. The predicted molar refractivity (Wildman–Crippen MR) is 106 cm³/mol. The number of benzene rings is 2. The Bertz CT molecular complexity index is 382. The van der Waals surface area contributed by atoms with Crippen molar-refractivity contribution in [2.75, 3.05) is 0 Å². The molecule has 2 aromatic rings. The van der Waals surface area contributed by atoms with E-state index in [1.807, 2.05) is 41.5 Å². The maximum atomic E-state index is 2.12. The van der Waals surface area contributed by atoms with Crippen LogP contribution in [0.25, 0.3) is 0 Å². The normalized spacial score (nSPS) is 7.55. The van der Waals surface area contributed by atoms with Gasteiger partial charge in [-0.2, -0.15) is 0 Å². The molecular weight excluding hydrogens is 264 g/mol. The van der Waals surface area contributed by atoms with E-state index < -0.39 is 0 Å². The monoisotopic (exact) mass is 302 g/mol. The van der Waals surface area contributed by atoms with E-state index in [2.05, 4.69) is 76.2 Å².